The average Bonchev–Trinajstić information content (AvgIpc) is 3.07. The lowest BCUT2D eigenvalue weighted by atomic mass is 9.94. The van der Waals surface area contributed by atoms with Crippen LogP contribution in [0.15, 0.2) is 18.2 Å². The minimum atomic E-state index is -3.06. The molecule has 0 N–H and O–H groups in total. The summed E-state index contributed by atoms with van der Waals surface area (Å²) in [6.07, 6.45) is 6.29. The molecule has 2 aliphatic rings. The lowest BCUT2D eigenvalue weighted by Crippen LogP contribution is -2.42. The summed E-state index contributed by atoms with van der Waals surface area (Å²) in [5.41, 5.74) is 0.290. The summed E-state index contributed by atoms with van der Waals surface area (Å²) < 4.78 is 23.9. The molecule has 112 valence electrons. The molecule has 5 nitrogen and oxygen atoms in total. The van der Waals surface area contributed by atoms with Gasteiger partial charge in [-0.15, -0.1) is 0 Å². The molecule has 1 aliphatic heterocycles. The van der Waals surface area contributed by atoms with Crippen molar-refractivity contribution in [3.05, 3.63) is 23.9 Å². The summed E-state index contributed by atoms with van der Waals surface area (Å²) >= 11 is 0. The third-order valence-electron chi connectivity index (χ3n) is 4.83. The molecule has 1 atom stereocenters. The summed E-state index contributed by atoms with van der Waals surface area (Å²) in [7, 11) is -3.06. The first-order valence-electron chi connectivity index (χ1n) is 7.28. The quantitative estimate of drug-likeness (QED) is 0.834. The zero-order valence-electron chi connectivity index (χ0n) is 12.1. The minimum absolute atomic E-state index is 0.0885. The van der Waals surface area contributed by atoms with Gasteiger partial charge >= 0.3 is 0 Å². The molecule has 3 rings (SSSR count). The fraction of sp³-hybridized carbons (Fsp3) is 0.600. The predicted molar refractivity (Wildman–Crippen MR) is 80.7 cm³/mol. The van der Waals surface area contributed by atoms with Crippen LogP contribution in [0.2, 0.25) is 0 Å². The molecule has 1 unspecified atom stereocenters. The van der Waals surface area contributed by atoms with Gasteiger partial charge in [0.1, 0.15) is 17.6 Å². The Bertz CT molecular complexity index is 687. The van der Waals surface area contributed by atoms with Crippen LogP contribution in [0.3, 0.4) is 0 Å². The Labute approximate surface area is 125 Å². The fourth-order valence-electron chi connectivity index (χ4n) is 3.76. The van der Waals surface area contributed by atoms with Gasteiger partial charge in [-0.25, -0.2) is 13.4 Å². The van der Waals surface area contributed by atoms with Crippen molar-refractivity contribution in [2.24, 2.45) is 0 Å². The second-order valence-electron chi connectivity index (χ2n) is 6.19. The molecular formula is C15H19N3O2S. The van der Waals surface area contributed by atoms with Crippen LogP contribution in [0.4, 0.5) is 5.82 Å². The average molecular weight is 305 g/mol. The van der Waals surface area contributed by atoms with Gasteiger partial charge in [-0.2, -0.15) is 5.26 Å². The largest absolute Gasteiger partial charge is 0.350 e. The number of rotatable bonds is 2. The van der Waals surface area contributed by atoms with Crippen LogP contribution in [0.1, 0.15) is 37.8 Å². The number of pyridine rings is 1. The Morgan fingerprint density at radius 3 is 2.71 bits per heavy atom. The third-order valence-corrected chi connectivity index (χ3v) is 6.36. The van der Waals surface area contributed by atoms with Gasteiger partial charge in [-0.3, -0.25) is 0 Å². The van der Waals surface area contributed by atoms with Gasteiger partial charge in [0, 0.05) is 18.3 Å². The van der Waals surface area contributed by atoms with E-state index in [0.717, 1.165) is 31.5 Å². The highest BCUT2D eigenvalue weighted by Crippen LogP contribution is 2.46. The maximum absolute atomic E-state index is 12.0. The Hall–Kier alpha value is -1.61. The SMILES string of the molecule is CS(=O)(=O)C1CN(c2cccc(C#N)n2)C2(CCCC2)C1. The van der Waals surface area contributed by atoms with Crippen molar-refractivity contribution in [1.82, 2.24) is 4.98 Å². The Morgan fingerprint density at radius 1 is 1.38 bits per heavy atom. The second-order valence-corrected chi connectivity index (χ2v) is 8.52. The number of nitriles is 1. The molecule has 0 radical (unpaired) electrons. The van der Waals surface area contributed by atoms with Crippen molar-refractivity contribution in [1.29, 1.82) is 5.26 Å². The lowest BCUT2D eigenvalue weighted by molar-refractivity contribution is 0.435. The molecule has 6 heteroatoms. The van der Waals surface area contributed by atoms with Crippen molar-refractivity contribution in [2.75, 3.05) is 17.7 Å². The van der Waals surface area contributed by atoms with Crippen LogP contribution in [0.5, 0.6) is 0 Å². The van der Waals surface area contributed by atoms with Crippen LogP contribution in [0.25, 0.3) is 0 Å². The third kappa shape index (κ3) is 2.51. The summed E-state index contributed by atoms with van der Waals surface area (Å²) in [5.74, 6) is 0.738. The molecule has 0 aromatic carbocycles. The first kappa shape index (κ1) is 14.3. The fourth-order valence-corrected chi connectivity index (χ4v) is 4.79. The molecule has 2 heterocycles. The van der Waals surface area contributed by atoms with E-state index < -0.39 is 9.84 Å². The van der Waals surface area contributed by atoms with E-state index in [1.807, 2.05) is 12.1 Å². The van der Waals surface area contributed by atoms with E-state index in [9.17, 15) is 8.42 Å². The van der Waals surface area contributed by atoms with Crippen LogP contribution < -0.4 is 4.90 Å². The normalized spacial score (nSPS) is 24.4. The van der Waals surface area contributed by atoms with E-state index in [2.05, 4.69) is 16.0 Å². The number of anilines is 1. The molecule has 1 saturated carbocycles. The van der Waals surface area contributed by atoms with Crippen LogP contribution in [-0.2, 0) is 9.84 Å². The van der Waals surface area contributed by atoms with Crippen molar-refractivity contribution in [3.8, 4) is 6.07 Å². The van der Waals surface area contributed by atoms with E-state index in [4.69, 9.17) is 5.26 Å². The smallest absolute Gasteiger partial charge is 0.152 e. The van der Waals surface area contributed by atoms with Gasteiger partial charge in [0.2, 0.25) is 0 Å². The highest BCUT2D eigenvalue weighted by atomic mass is 32.2. The monoisotopic (exact) mass is 305 g/mol. The van der Waals surface area contributed by atoms with Gasteiger partial charge < -0.3 is 4.90 Å². The van der Waals surface area contributed by atoms with E-state index in [1.54, 1.807) is 6.07 Å². The summed E-state index contributed by atoms with van der Waals surface area (Å²) in [6, 6.07) is 7.43. The molecular weight excluding hydrogens is 286 g/mol. The zero-order valence-corrected chi connectivity index (χ0v) is 12.9. The molecule has 1 aromatic rings. The van der Waals surface area contributed by atoms with Gasteiger partial charge in [0.25, 0.3) is 0 Å². The summed E-state index contributed by atoms with van der Waals surface area (Å²) in [5, 5.41) is 8.69. The highest BCUT2D eigenvalue weighted by molar-refractivity contribution is 7.91. The van der Waals surface area contributed by atoms with Crippen LogP contribution in [0, 0.1) is 11.3 Å². The van der Waals surface area contributed by atoms with Gasteiger partial charge in [0.15, 0.2) is 9.84 Å². The summed E-state index contributed by atoms with van der Waals surface area (Å²) in [4.78, 5) is 6.52. The number of nitrogens with zero attached hydrogens (tertiary/aromatic N) is 3. The maximum Gasteiger partial charge on any atom is 0.152 e. The topological polar surface area (TPSA) is 74.1 Å². The Kier molecular flexibility index (Phi) is 3.40. The zero-order chi connectivity index (χ0) is 15.1. The maximum atomic E-state index is 12.0. The van der Waals surface area contributed by atoms with E-state index in [1.165, 1.54) is 6.26 Å². The van der Waals surface area contributed by atoms with Gasteiger partial charge in [0.05, 0.1) is 5.25 Å². The number of hydrogen-bond donors (Lipinski definition) is 0. The van der Waals surface area contributed by atoms with Gasteiger partial charge in [-0.05, 0) is 31.4 Å². The highest BCUT2D eigenvalue weighted by Gasteiger charge is 2.50. The molecule has 1 saturated heterocycles. The lowest BCUT2D eigenvalue weighted by Gasteiger charge is -2.35. The minimum Gasteiger partial charge on any atom is -0.350 e. The van der Waals surface area contributed by atoms with Crippen LogP contribution >= 0.6 is 0 Å². The van der Waals surface area contributed by atoms with Crippen LogP contribution in [-0.4, -0.2) is 37.0 Å². The second kappa shape index (κ2) is 4.99. The molecule has 21 heavy (non-hydrogen) atoms. The van der Waals surface area contributed by atoms with Crippen molar-refractivity contribution >= 4 is 15.7 Å². The Balaban J connectivity index is 2.00. The van der Waals surface area contributed by atoms with Crippen molar-refractivity contribution < 1.29 is 8.42 Å². The van der Waals surface area contributed by atoms with E-state index in [0.29, 0.717) is 18.7 Å². The molecule has 0 amide bonds. The molecule has 2 fully saturated rings. The molecule has 1 aromatic heterocycles. The molecule has 1 spiro atoms. The predicted octanol–water partition coefficient (Wildman–Crippen LogP) is 1.89. The first-order valence-corrected chi connectivity index (χ1v) is 9.24. The molecule has 1 aliphatic carbocycles. The van der Waals surface area contributed by atoms with Crippen molar-refractivity contribution in [2.45, 2.75) is 42.9 Å². The number of hydrogen-bond acceptors (Lipinski definition) is 5. The molecule has 0 bridgehead atoms. The van der Waals surface area contributed by atoms with E-state index >= 15 is 0 Å². The van der Waals surface area contributed by atoms with Gasteiger partial charge in [-0.1, -0.05) is 18.9 Å². The number of aromatic nitrogens is 1. The summed E-state index contributed by atoms with van der Waals surface area (Å²) in [6.45, 7) is 0.487. The van der Waals surface area contributed by atoms with E-state index in [-0.39, 0.29) is 10.8 Å². The van der Waals surface area contributed by atoms with Crippen molar-refractivity contribution in [3.63, 3.8) is 0 Å². The number of sulfone groups is 1. The Morgan fingerprint density at radius 2 is 2.10 bits per heavy atom. The standard InChI is InChI=1S/C15H19N3O2S/c1-21(19,20)13-9-15(7-2-3-8-15)18(11-13)14-6-4-5-12(10-16)17-14/h4-6,13H,2-3,7-9,11H2,1H3. The first-order chi connectivity index (χ1) is 9.94.